The van der Waals surface area contributed by atoms with E-state index in [9.17, 15) is 9.18 Å². The number of amides is 1. The first kappa shape index (κ1) is 21.0. The molecule has 2 aromatic rings. The van der Waals surface area contributed by atoms with Crippen LogP contribution in [0.3, 0.4) is 0 Å². The summed E-state index contributed by atoms with van der Waals surface area (Å²) in [6.45, 7) is 5.01. The minimum absolute atomic E-state index is 0.0498. The summed E-state index contributed by atoms with van der Waals surface area (Å²) < 4.78 is 20.4. The van der Waals surface area contributed by atoms with E-state index in [1.54, 1.807) is 11.0 Å². The van der Waals surface area contributed by atoms with Gasteiger partial charge in [0, 0.05) is 6.54 Å². The van der Waals surface area contributed by atoms with Gasteiger partial charge in [0.25, 0.3) is 5.91 Å². The Morgan fingerprint density at radius 1 is 1.29 bits per heavy atom. The quantitative estimate of drug-likeness (QED) is 0.373. The second kappa shape index (κ2) is 9.20. The number of benzene rings is 2. The molecule has 3 nitrogen and oxygen atoms in total. The Balaban J connectivity index is 1.71. The molecule has 7 heteroatoms. The van der Waals surface area contributed by atoms with Gasteiger partial charge in [-0.1, -0.05) is 56.0 Å². The molecule has 0 atom stereocenters. The fraction of sp³-hybridized carbons (Fsp3) is 0.238. The zero-order valence-electron chi connectivity index (χ0n) is 15.4. The average molecular weight is 480 g/mol. The van der Waals surface area contributed by atoms with Crippen LogP contribution in [0, 0.1) is 11.7 Å². The number of carbonyl (C=O) groups is 1. The van der Waals surface area contributed by atoms with Crippen LogP contribution in [-0.2, 0) is 11.4 Å². The van der Waals surface area contributed by atoms with E-state index in [0.29, 0.717) is 27.4 Å². The van der Waals surface area contributed by atoms with Crippen LogP contribution in [0.4, 0.5) is 4.39 Å². The molecule has 2 aromatic carbocycles. The summed E-state index contributed by atoms with van der Waals surface area (Å²) in [5.74, 6) is 0.663. The van der Waals surface area contributed by atoms with Gasteiger partial charge in [0.1, 0.15) is 22.5 Å². The van der Waals surface area contributed by atoms with E-state index in [1.165, 1.54) is 23.9 Å². The summed E-state index contributed by atoms with van der Waals surface area (Å²) in [6, 6.07) is 11.9. The number of ether oxygens (including phenoxy) is 1. The molecule has 1 amide bonds. The lowest BCUT2D eigenvalue weighted by molar-refractivity contribution is -0.122. The van der Waals surface area contributed by atoms with Crippen LogP contribution in [0.2, 0.25) is 0 Å². The standard InChI is InChI=1S/C21H19BrFNO2S2/c1-13(2)11-24-20(25)19(28-21(24)27)10-14-6-7-18(17(22)9-14)26-12-15-4-3-5-16(23)8-15/h3-10,13H,11-12H2,1-2H3/b19-10-. The van der Waals surface area contributed by atoms with Gasteiger partial charge >= 0.3 is 0 Å². The fourth-order valence-corrected chi connectivity index (χ4v) is 4.47. The monoisotopic (exact) mass is 479 g/mol. The molecule has 1 heterocycles. The van der Waals surface area contributed by atoms with Crippen molar-refractivity contribution in [1.29, 1.82) is 0 Å². The Hall–Kier alpha value is -1.70. The lowest BCUT2D eigenvalue weighted by Gasteiger charge is -2.16. The van der Waals surface area contributed by atoms with Gasteiger partial charge in [-0.25, -0.2) is 4.39 Å². The normalized spacial score (nSPS) is 15.8. The van der Waals surface area contributed by atoms with Crippen molar-refractivity contribution in [3.05, 3.63) is 68.8 Å². The topological polar surface area (TPSA) is 29.5 Å². The predicted octanol–water partition coefficient (Wildman–Crippen LogP) is 6.02. The third-order valence-electron chi connectivity index (χ3n) is 3.96. The lowest BCUT2D eigenvalue weighted by atomic mass is 10.2. The molecule has 1 aliphatic rings. The van der Waals surface area contributed by atoms with Crippen molar-refractivity contribution in [2.24, 2.45) is 5.92 Å². The molecule has 0 aromatic heterocycles. The molecule has 0 radical (unpaired) electrons. The summed E-state index contributed by atoms with van der Waals surface area (Å²) >= 11 is 10.2. The first-order chi connectivity index (χ1) is 13.3. The number of hydrogen-bond donors (Lipinski definition) is 0. The van der Waals surface area contributed by atoms with E-state index in [4.69, 9.17) is 17.0 Å². The number of thioether (sulfide) groups is 1. The minimum Gasteiger partial charge on any atom is -0.488 e. The Labute approximate surface area is 182 Å². The van der Waals surface area contributed by atoms with Crippen molar-refractivity contribution in [2.75, 3.05) is 6.54 Å². The number of carbonyl (C=O) groups excluding carboxylic acids is 1. The molecule has 1 saturated heterocycles. The summed E-state index contributed by atoms with van der Waals surface area (Å²) in [4.78, 5) is 14.8. The van der Waals surface area contributed by atoms with E-state index >= 15 is 0 Å². The van der Waals surface area contributed by atoms with Crippen LogP contribution in [0.5, 0.6) is 5.75 Å². The fourth-order valence-electron chi connectivity index (χ4n) is 2.69. The van der Waals surface area contributed by atoms with Crippen molar-refractivity contribution in [3.63, 3.8) is 0 Å². The van der Waals surface area contributed by atoms with Crippen LogP contribution < -0.4 is 4.74 Å². The summed E-state index contributed by atoms with van der Waals surface area (Å²) in [7, 11) is 0. The van der Waals surface area contributed by atoms with Crippen LogP contribution in [0.1, 0.15) is 25.0 Å². The van der Waals surface area contributed by atoms with Gasteiger partial charge in [-0.2, -0.15) is 0 Å². The molecule has 0 aliphatic carbocycles. The van der Waals surface area contributed by atoms with Crippen molar-refractivity contribution in [2.45, 2.75) is 20.5 Å². The van der Waals surface area contributed by atoms with Gasteiger partial charge in [-0.05, 0) is 63.3 Å². The van der Waals surface area contributed by atoms with Gasteiger partial charge in [0.2, 0.25) is 0 Å². The van der Waals surface area contributed by atoms with Crippen LogP contribution >= 0.6 is 39.9 Å². The maximum atomic E-state index is 13.3. The first-order valence-corrected chi connectivity index (χ1v) is 10.8. The first-order valence-electron chi connectivity index (χ1n) is 8.75. The molecule has 0 N–H and O–H groups in total. The lowest BCUT2D eigenvalue weighted by Crippen LogP contribution is -2.31. The molecule has 0 spiro atoms. The molecule has 0 saturated carbocycles. The largest absolute Gasteiger partial charge is 0.488 e. The van der Waals surface area contributed by atoms with E-state index in [-0.39, 0.29) is 18.3 Å². The van der Waals surface area contributed by atoms with E-state index in [2.05, 4.69) is 29.8 Å². The van der Waals surface area contributed by atoms with E-state index in [0.717, 1.165) is 15.6 Å². The van der Waals surface area contributed by atoms with Gasteiger partial charge in [-0.3, -0.25) is 9.69 Å². The second-order valence-corrected chi connectivity index (χ2v) is 9.32. The summed E-state index contributed by atoms with van der Waals surface area (Å²) in [5.41, 5.74) is 1.62. The highest BCUT2D eigenvalue weighted by Gasteiger charge is 2.32. The molecule has 3 rings (SSSR count). The minimum atomic E-state index is -0.287. The molecule has 0 bridgehead atoms. The van der Waals surface area contributed by atoms with Gasteiger partial charge < -0.3 is 4.74 Å². The summed E-state index contributed by atoms with van der Waals surface area (Å²) in [5, 5.41) is 0. The molecule has 1 fully saturated rings. The highest BCUT2D eigenvalue weighted by Crippen LogP contribution is 2.34. The average Bonchev–Trinajstić information content (AvgIpc) is 2.88. The number of halogens is 2. The van der Waals surface area contributed by atoms with Crippen LogP contribution in [0.15, 0.2) is 51.8 Å². The van der Waals surface area contributed by atoms with Crippen molar-refractivity contribution < 1.29 is 13.9 Å². The number of hydrogen-bond acceptors (Lipinski definition) is 4. The van der Waals surface area contributed by atoms with Crippen molar-refractivity contribution in [1.82, 2.24) is 4.90 Å². The van der Waals surface area contributed by atoms with E-state index in [1.807, 2.05) is 30.3 Å². The van der Waals surface area contributed by atoms with Crippen molar-refractivity contribution in [3.8, 4) is 5.75 Å². The zero-order chi connectivity index (χ0) is 20.3. The Kier molecular flexibility index (Phi) is 6.91. The van der Waals surface area contributed by atoms with Crippen LogP contribution in [-0.4, -0.2) is 21.7 Å². The highest BCUT2D eigenvalue weighted by atomic mass is 79.9. The molecular weight excluding hydrogens is 461 g/mol. The molecule has 1 aliphatic heterocycles. The maximum absolute atomic E-state index is 13.3. The number of thiocarbonyl (C=S) groups is 1. The van der Waals surface area contributed by atoms with Gasteiger partial charge in [0.05, 0.1) is 9.38 Å². The summed E-state index contributed by atoms with van der Waals surface area (Å²) in [6.07, 6.45) is 1.83. The van der Waals surface area contributed by atoms with E-state index < -0.39 is 0 Å². The van der Waals surface area contributed by atoms with Crippen LogP contribution in [0.25, 0.3) is 6.08 Å². The van der Waals surface area contributed by atoms with Gasteiger partial charge in [0.15, 0.2) is 0 Å². The van der Waals surface area contributed by atoms with Gasteiger partial charge in [-0.15, -0.1) is 0 Å². The second-order valence-electron chi connectivity index (χ2n) is 6.79. The zero-order valence-corrected chi connectivity index (χ0v) is 18.7. The molecular formula is C21H19BrFNO2S2. The smallest absolute Gasteiger partial charge is 0.266 e. The number of rotatable bonds is 6. The maximum Gasteiger partial charge on any atom is 0.266 e. The Morgan fingerprint density at radius 2 is 2.07 bits per heavy atom. The molecule has 146 valence electrons. The molecule has 28 heavy (non-hydrogen) atoms. The SMILES string of the molecule is CC(C)CN1C(=O)/C(=C/c2ccc(OCc3cccc(F)c3)c(Br)c2)SC1=S. The highest BCUT2D eigenvalue weighted by molar-refractivity contribution is 9.10. The Bertz CT molecular complexity index is 946. The third kappa shape index (κ3) is 5.21. The third-order valence-corrected chi connectivity index (χ3v) is 5.96. The number of nitrogens with zero attached hydrogens (tertiary/aromatic N) is 1. The predicted molar refractivity (Wildman–Crippen MR) is 120 cm³/mol. The Morgan fingerprint density at radius 3 is 2.75 bits per heavy atom. The van der Waals surface area contributed by atoms with Crippen molar-refractivity contribution >= 4 is 56.2 Å². The molecule has 0 unspecified atom stereocenters.